The quantitative estimate of drug-likeness (QED) is 0.782. The molecule has 0 radical (unpaired) electrons. The highest BCUT2D eigenvalue weighted by Gasteiger charge is 2.23. The van der Waals surface area contributed by atoms with E-state index in [1.165, 1.54) is 6.07 Å². The van der Waals surface area contributed by atoms with E-state index in [0.717, 1.165) is 12.8 Å². The van der Waals surface area contributed by atoms with Gasteiger partial charge in [0.05, 0.1) is 5.69 Å². The summed E-state index contributed by atoms with van der Waals surface area (Å²) in [6.07, 6.45) is 2.19. The lowest BCUT2D eigenvalue weighted by Gasteiger charge is -2.08. The Bertz CT molecular complexity index is 438. The van der Waals surface area contributed by atoms with Gasteiger partial charge in [0.2, 0.25) is 10.0 Å². The van der Waals surface area contributed by atoms with E-state index in [1.807, 2.05) is 0 Å². The highest BCUT2D eigenvalue weighted by atomic mass is 32.2. The molecule has 2 rings (SSSR count). The van der Waals surface area contributed by atoms with Crippen LogP contribution in [0.1, 0.15) is 12.8 Å². The molecule has 1 aliphatic rings. The molecule has 1 aromatic rings. The Morgan fingerprint density at radius 2 is 1.93 bits per heavy atom. The van der Waals surface area contributed by atoms with Crippen LogP contribution in [-0.4, -0.2) is 14.5 Å². The summed E-state index contributed by atoms with van der Waals surface area (Å²) in [5, 5.41) is 8.22. The molecule has 0 aliphatic heterocycles. The average Bonchev–Trinajstić information content (AvgIpc) is 2.87. The smallest absolute Gasteiger partial charge is 0.240 e. The van der Waals surface area contributed by atoms with Crippen molar-refractivity contribution in [2.45, 2.75) is 23.8 Å². The molecule has 1 aliphatic carbocycles. The first-order chi connectivity index (χ1) is 6.57. The Balaban J connectivity index is 2.37. The zero-order valence-electron chi connectivity index (χ0n) is 7.60. The lowest BCUT2D eigenvalue weighted by atomic mass is 10.3. The summed E-state index contributed by atoms with van der Waals surface area (Å²) in [7, 11) is -3.61. The van der Waals surface area contributed by atoms with Crippen molar-refractivity contribution in [1.82, 2.24) is 0 Å². The van der Waals surface area contributed by atoms with Gasteiger partial charge in [0.1, 0.15) is 4.90 Å². The number of nitrogens with two attached hydrogens (primary N) is 1. The zero-order valence-corrected chi connectivity index (χ0v) is 8.42. The molecule has 4 nitrogen and oxygen atoms in total. The largest absolute Gasteiger partial charge is 0.381 e. The number of anilines is 1. The highest BCUT2D eigenvalue weighted by Crippen LogP contribution is 2.28. The fraction of sp³-hybridized carbons (Fsp3) is 0.333. The predicted octanol–water partition coefficient (Wildman–Crippen LogP) is 0.908. The van der Waals surface area contributed by atoms with Gasteiger partial charge in [0, 0.05) is 6.04 Å². The molecule has 0 bridgehead atoms. The van der Waals surface area contributed by atoms with Crippen LogP contribution in [0.5, 0.6) is 0 Å². The first-order valence-corrected chi connectivity index (χ1v) is 6.00. The van der Waals surface area contributed by atoms with Gasteiger partial charge in [-0.25, -0.2) is 13.6 Å². The minimum Gasteiger partial charge on any atom is -0.381 e. The molecule has 0 atom stereocenters. The number of primary sulfonamides is 1. The van der Waals surface area contributed by atoms with E-state index in [0.29, 0.717) is 11.7 Å². The SMILES string of the molecule is NS(=O)(=O)c1ccccc1NC1CC1. The predicted molar refractivity (Wildman–Crippen MR) is 54.5 cm³/mol. The number of rotatable bonds is 3. The second-order valence-corrected chi connectivity index (χ2v) is 4.99. The van der Waals surface area contributed by atoms with Crippen molar-refractivity contribution in [2.24, 2.45) is 5.14 Å². The summed E-state index contributed by atoms with van der Waals surface area (Å²) in [6, 6.07) is 7.12. The Morgan fingerprint density at radius 3 is 2.50 bits per heavy atom. The Hall–Kier alpha value is -1.07. The van der Waals surface area contributed by atoms with Crippen molar-refractivity contribution >= 4 is 15.7 Å². The maximum Gasteiger partial charge on any atom is 0.240 e. The number of para-hydroxylation sites is 1. The van der Waals surface area contributed by atoms with Crippen molar-refractivity contribution in [3.8, 4) is 0 Å². The van der Waals surface area contributed by atoms with Gasteiger partial charge in [-0.05, 0) is 25.0 Å². The van der Waals surface area contributed by atoms with Gasteiger partial charge in [0.25, 0.3) is 0 Å². The molecular weight excluding hydrogens is 200 g/mol. The first kappa shape index (κ1) is 9.48. The van der Waals surface area contributed by atoms with E-state index >= 15 is 0 Å². The van der Waals surface area contributed by atoms with Gasteiger partial charge in [-0.1, -0.05) is 12.1 Å². The van der Waals surface area contributed by atoms with Crippen LogP contribution in [0.25, 0.3) is 0 Å². The maximum absolute atomic E-state index is 11.2. The lowest BCUT2D eigenvalue weighted by Crippen LogP contribution is -2.15. The number of hydrogen-bond acceptors (Lipinski definition) is 3. The average molecular weight is 212 g/mol. The van der Waals surface area contributed by atoms with Gasteiger partial charge in [-0.3, -0.25) is 0 Å². The minimum absolute atomic E-state index is 0.173. The van der Waals surface area contributed by atoms with Crippen molar-refractivity contribution in [1.29, 1.82) is 0 Å². The second-order valence-electron chi connectivity index (χ2n) is 3.46. The number of nitrogens with one attached hydrogen (secondary N) is 1. The monoisotopic (exact) mass is 212 g/mol. The van der Waals surface area contributed by atoms with Crippen LogP contribution in [0.3, 0.4) is 0 Å². The summed E-state index contributed by atoms with van der Waals surface area (Å²) >= 11 is 0. The molecule has 0 spiro atoms. The third-order valence-corrected chi connectivity index (χ3v) is 3.10. The van der Waals surface area contributed by atoms with Crippen molar-refractivity contribution in [3.05, 3.63) is 24.3 Å². The second kappa shape index (κ2) is 3.25. The van der Waals surface area contributed by atoms with Crippen LogP contribution < -0.4 is 10.5 Å². The van der Waals surface area contributed by atoms with Gasteiger partial charge in [-0.15, -0.1) is 0 Å². The third-order valence-electron chi connectivity index (χ3n) is 2.13. The molecule has 5 heteroatoms. The van der Waals surface area contributed by atoms with E-state index in [1.54, 1.807) is 18.2 Å². The van der Waals surface area contributed by atoms with Crippen molar-refractivity contribution in [3.63, 3.8) is 0 Å². The molecular formula is C9H12N2O2S. The van der Waals surface area contributed by atoms with Crippen LogP contribution in [-0.2, 0) is 10.0 Å². The molecule has 0 saturated heterocycles. The fourth-order valence-electron chi connectivity index (χ4n) is 1.28. The molecule has 0 aromatic heterocycles. The van der Waals surface area contributed by atoms with Crippen molar-refractivity contribution < 1.29 is 8.42 Å². The lowest BCUT2D eigenvalue weighted by molar-refractivity contribution is 0.598. The van der Waals surface area contributed by atoms with Gasteiger partial charge >= 0.3 is 0 Å². The summed E-state index contributed by atoms with van der Waals surface area (Å²) < 4.78 is 22.4. The summed E-state index contributed by atoms with van der Waals surface area (Å²) in [5.41, 5.74) is 0.609. The molecule has 3 N–H and O–H groups in total. The molecule has 1 fully saturated rings. The molecule has 14 heavy (non-hydrogen) atoms. The van der Waals surface area contributed by atoms with Gasteiger partial charge in [-0.2, -0.15) is 0 Å². The van der Waals surface area contributed by atoms with Crippen molar-refractivity contribution in [2.75, 3.05) is 5.32 Å². The van der Waals surface area contributed by atoms with E-state index in [-0.39, 0.29) is 4.90 Å². The van der Waals surface area contributed by atoms with E-state index < -0.39 is 10.0 Å². The molecule has 0 amide bonds. The number of sulfonamides is 1. The molecule has 1 saturated carbocycles. The van der Waals surface area contributed by atoms with E-state index in [2.05, 4.69) is 5.32 Å². The fourth-order valence-corrected chi connectivity index (χ4v) is 1.98. The summed E-state index contributed by atoms with van der Waals surface area (Å²) in [6.45, 7) is 0. The Labute approximate surface area is 83.2 Å². The van der Waals surface area contributed by atoms with Crippen LogP contribution >= 0.6 is 0 Å². The van der Waals surface area contributed by atoms with E-state index in [4.69, 9.17) is 5.14 Å². The highest BCUT2D eigenvalue weighted by molar-refractivity contribution is 7.89. The molecule has 0 heterocycles. The normalized spacial score (nSPS) is 16.6. The zero-order chi connectivity index (χ0) is 10.2. The topological polar surface area (TPSA) is 72.2 Å². The Morgan fingerprint density at radius 1 is 1.29 bits per heavy atom. The standard InChI is InChI=1S/C9H12N2O2S/c10-14(12,13)9-4-2-1-3-8(9)11-7-5-6-7/h1-4,7,11H,5-6H2,(H2,10,12,13). The molecule has 1 aromatic carbocycles. The first-order valence-electron chi connectivity index (χ1n) is 4.46. The van der Waals surface area contributed by atoms with Crippen LogP contribution in [0, 0.1) is 0 Å². The van der Waals surface area contributed by atoms with Crippen LogP contribution in [0.15, 0.2) is 29.2 Å². The van der Waals surface area contributed by atoms with Crippen LogP contribution in [0.4, 0.5) is 5.69 Å². The molecule has 0 unspecified atom stereocenters. The van der Waals surface area contributed by atoms with Gasteiger partial charge in [0.15, 0.2) is 0 Å². The Kier molecular flexibility index (Phi) is 2.20. The third kappa shape index (κ3) is 2.05. The number of hydrogen-bond donors (Lipinski definition) is 2. The van der Waals surface area contributed by atoms with Gasteiger partial charge < -0.3 is 5.32 Å². The summed E-state index contributed by atoms with van der Waals surface area (Å²) in [4.78, 5) is 0.173. The number of benzene rings is 1. The molecule has 76 valence electrons. The van der Waals surface area contributed by atoms with Crippen LogP contribution in [0.2, 0.25) is 0 Å². The maximum atomic E-state index is 11.2. The summed E-state index contributed by atoms with van der Waals surface area (Å²) in [5.74, 6) is 0. The minimum atomic E-state index is -3.61. The van der Waals surface area contributed by atoms with E-state index in [9.17, 15) is 8.42 Å².